The number of carbonyl (C=O) groups excluding carboxylic acids is 1. The Kier molecular flexibility index (Phi) is 7.10. The summed E-state index contributed by atoms with van der Waals surface area (Å²) in [6.07, 6.45) is 0. The van der Waals surface area contributed by atoms with E-state index in [4.69, 9.17) is 0 Å². The molecule has 0 aromatic heterocycles. The van der Waals surface area contributed by atoms with Gasteiger partial charge in [0.05, 0.1) is 11.6 Å². The zero-order valence-electron chi connectivity index (χ0n) is 16.9. The Morgan fingerprint density at radius 1 is 1.07 bits per heavy atom. The van der Waals surface area contributed by atoms with E-state index in [0.29, 0.717) is 12.1 Å². The molecule has 0 bridgehead atoms. The van der Waals surface area contributed by atoms with Crippen molar-refractivity contribution >= 4 is 27.5 Å². The highest BCUT2D eigenvalue weighted by atomic mass is 79.9. The lowest BCUT2D eigenvalue weighted by atomic mass is 10.0. The summed E-state index contributed by atoms with van der Waals surface area (Å²) in [5.41, 5.74) is 3.09. The summed E-state index contributed by atoms with van der Waals surface area (Å²) in [5, 5.41) is 3.15. The van der Waals surface area contributed by atoms with Gasteiger partial charge in [0.1, 0.15) is 0 Å². The molecule has 0 saturated carbocycles. The van der Waals surface area contributed by atoms with Crippen LogP contribution in [-0.2, 0) is 0 Å². The summed E-state index contributed by atoms with van der Waals surface area (Å²) in [5.74, 6) is -0.0449. The second kappa shape index (κ2) is 9.54. The van der Waals surface area contributed by atoms with E-state index in [1.54, 1.807) is 0 Å². The Balaban J connectivity index is 1.76. The molecule has 1 fully saturated rings. The highest BCUT2D eigenvalue weighted by Crippen LogP contribution is 2.24. The molecule has 1 atom stereocenters. The van der Waals surface area contributed by atoms with Crippen molar-refractivity contribution in [1.29, 1.82) is 0 Å². The molecule has 3 rings (SSSR count). The van der Waals surface area contributed by atoms with Crippen LogP contribution in [0.25, 0.3) is 0 Å². The van der Waals surface area contributed by atoms with Gasteiger partial charge >= 0.3 is 0 Å². The molecule has 0 aliphatic carbocycles. The van der Waals surface area contributed by atoms with Gasteiger partial charge in [-0.05, 0) is 52.8 Å². The largest absolute Gasteiger partial charge is 0.378 e. The van der Waals surface area contributed by atoms with Crippen LogP contribution in [0.15, 0.2) is 53.0 Å². The van der Waals surface area contributed by atoms with Gasteiger partial charge in [-0.2, -0.15) is 0 Å². The maximum absolute atomic E-state index is 12.7. The van der Waals surface area contributed by atoms with Gasteiger partial charge < -0.3 is 15.1 Å². The van der Waals surface area contributed by atoms with Gasteiger partial charge in [0.2, 0.25) is 0 Å². The molecule has 0 spiro atoms. The lowest BCUT2D eigenvalue weighted by Gasteiger charge is -2.38. The summed E-state index contributed by atoms with van der Waals surface area (Å²) in [4.78, 5) is 19.6. The summed E-state index contributed by atoms with van der Waals surface area (Å²) < 4.78 is 0.819. The Morgan fingerprint density at radius 3 is 2.32 bits per heavy atom. The minimum atomic E-state index is -0.0449. The number of halogens is 1. The van der Waals surface area contributed by atoms with Crippen LogP contribution in [0.1, 0.15) is 22.0 Å². The predicted molar refractivity (Wildman–Crippen MR) is 119 cm³/mol. The fraction of sp³-hybridized carbons (Fsp3) is 0.409. The van der Waals surface area contributed by atoms with Gasteiger partial charge in [-0.25, -0.2) is 0 Å². The third-order valence-corrected chi connectivity index (χ3v) is 6.04. The van der Waals surface area contributed by atoms with Crippen LogP contribution in [-0.4, -0.2) is 69.6 Å². The van der Waals surface area contributed by atoms with E-state index in [-0.39, 0.29) is 11.9 Å². The van der Waals surface area contributed by atoms with Crippen molar-refractivity contribution in [3.63, 3.8) is 0 Å². The van der Waals surface area contributed by atoms with Crippen molar-refractivity contribution in [2.75, 3.05) is 58.8 Å². The van der Waals surface area contributed by atoms with Gasteiger partial charge in [-0.3, -0.25) is 9.69 Å². The molecule has 1 heterocycles. The lowest BCUT2D eigenvalue weighted by Crippen LogP contribution is -2.48. The van der Waals surface area contributed by atoms with Crippen LogP contribution in [0.4, 0.5) is 5.69 Å². The monoisotopic (exact) mass is 444 g/mol. The first-order valence-corrected chi connectivity index (χ1v) is 10.5. The van der Waals surface area contributed by atoms with Crippen molar-refractivity contribution in [3.05, 3.63) is 64.1 Å². The number of anilines is 1. The number of nitrogens with zero attached hydrogens (tertiary/aromatic N) is 3. The van der Waals surface area contributed by atoms with Crippen molar-refractivity contribution < 1.29 is 4.79 Å². The third kappa shape index (κ3) is 5.13. The zero-order chi connectivity index (χ0) is 20.1. The van der Waals surface area contributed by atoms with E-state index in [1.165, 1.54) is 11.3 Å². The molecule has 6 heteroatoms. The van der Waals surface area contributed by atoms with Crippen molar-refractivity contribution in [2.45, 2.75) is 6.04 Å². The van der Waals surface area contributed by atoms with E-state index in [2.05, 4.69) is 67.3 Å². The highest BCUT2D eigenvalue weighted by molar-refractivity contribution is 9.10. The molecule has 28 heavy (non-hydrogen) atoms. The molecule has 1 saturated heterocycles. The fourth-order valence-electron chi connectivity index (χ4n) is 3.52. The van der Waals surface area contributed by atoms with Gasteiger partial charge in [-0.1, -0.05) is 24.3 Å². The molecule has 1 aliphatic heterocycles. The van der Waals surface area contributed by atoms with Crippen molar-refractivity contribution in [3.8, 4) is 0 Å². The number of piperazine rings is 1. The topological polar surface area (TPSA) is 38.8 Å². The molecule has 1 N–H and O–H groups in total. The minimum absolute atomic E-state index is 0.0449. The third-order valence-electron chi connectivity index (χ3n) is 5.35. The lowest BCUT2D eigenvalue weighted by molar-refractivity contribution is 0.0885. The normalized spacial score (nSPS) is 16.6. The van der Waals surface area contributed by atoms with E-state index < -0.39 is 0 Å². The smallest absolute Gasteiger partial charge is 0.252 e. The fourth-order valence-corrected chi connectivity index (χ4v) is 3.98. The second-order valence-corrected chi connectivity index (χ2v) is 8.39. The number of amides is 1. The van der Waals surface area contributed by atoms with Crippen LogP contribution in [0.2, 0.25) is 0 Å². The van der Waals surface area contributed by atoms with Crippen LogP contribution in [0, 0.1) is 0 Å². The molecule has 2 aromatic rings. The Hall–Kier alpha value is -1.89. The van der Waals surface area contributed by atoms with Crippen molar-refractivity contribution in [2.24, 2.45) is 0 Å². The Labute approximate surface area is 176 Å². The first kappa shape index (κ1) is 20.8. The number of benzene rings is 2. The van der Waals surface area contributed by atoms with E-state index in [1.807, 2.05) is 38.4 Å². The number of likely N-dealkylation sites (N-methyl/N-ethyl adjacent to an activating group) is 1. The van der Waals surface area contributed by atoms with Crippen LogP contribution in [0.3, 0.4) is 0 Å². The summed E-state index contributed by atoms with van der Waals surface area (Å²) in [6, 6.07) is 16.4. The standard InChI is InChI=1S/C22H29BrN4O/c1-25(2)18-10-8-17(9-11-18)21(27-14-12-26(3)13-15-27)16-24-22(28)19-6-4-5-7-20(19)23/h4-11,21H,12-16H2,1-3H3,(H,24,28)/t21-/m0/s1. The zero-order valence-corrected chi connectivity index (χ0v) is 18.4. The maximum Gasteiger partial charge on any atom is 0.252 e. The molecule has 1 aliphatic rings. The first-order valence-electron chi connectivity index (χ1n) is 9.68. The summed E-state index contributed by atoms with van der Waals surface area (Å²) in [7, 11) is 6.25. The summed E-state index contributed by atoms with van der Waals surface area (Å²) in [6.45, 7) is 4.68. The first-order chi connectivity index (χ1) is 13.5. The maximum atomic E-state index is 12.7. The number of hydrogen-bond donors (Lipinski definition) is 1. The molecule has 0 unspecified atom stereocenters. The molecule has 2 aromatic carbocycles. The van der Waals surface area contributed by atoms with Crippen LogP contribution in [0.5, 0.6) is 0 Å². The average Bonchev–Trinajstić information content (AvgIpc) is 2.70. The Morgan fingerprint density at radius 2 is 1.71 bits per heavy atom. The van der Waals surface area contributed by atoms with E-state index in [0.717, 1.165) is 30.7 Å². The number of rotatable bonds is 6. The molecule has 5 nitrogen and oxygen atoms in total. The molecule has 1 amide bonds. The second-order valence-electron chi connectivity index (χ2n) is 7.53. The quantitative estimate of drug-likeness (QED) is 0.741. The number of nitrogens with one attached hydrogen (secondary N) is 1. The number of hydrogen-bond acceptors (Lipinski definition) is 4. The SMILES string of the molecule is CN1CCN([C@@H](CNC(=O)c2ccccc2Br)c2ccc(N(C)C)cc2)CC1. The average molecular weight is 445 g/mol. The molecular formula is C22H29BrN4O. The van der Waals surface area contributed by atoms with Crippen LogP contribution >= 0.6 is 15.9 Å². The minimum Gasteiger partial charge on any atom is -0.378 e. The van der Waals surface area contributed by atoms with Crippen LogP contribution < -0.4 is 10.2 Å². The molecule has 150 valence electrons. The van der Waals surface area contributed by atoms with Gasteiger partial charge in [0.15, 0.2) is 0 Å². The van der Waals surface area contributed by atoms with Gasteiger partial charge in [0.25, 0.3) is 5.91 Å². The Bertz CT molecular complexity index is 785. The van der Waals surface area contributed by atoms with E-state index in [9.17, 15) is 4.79 Å². The predicted octanol–water partition coefficient (Wildman–Crippen LogP) is 3.23. The highest BCUT2D eigenvalue weighted by Gasteiger charge is 2.25. The van der Waals surface area contributed by atoms with E-state index >= 15 is 0 Å². The summed E-state index contributed by atoms with van der Waals surface area (Å²) >= 11 is 3.47. The molecule has 0 radical (unpaired) electrons. The van der Waals surface area contributed by atoms with Gasteiger partial charge in [-0.15, -0.1) is 0 Å². The molecular weight excluding hydrogens is 416 g/mol. The van der Waals surface area contributed by atoms with Gasteiger partial charge in [0, 0.05) is 57.0 Å². The number of carbonyl (C=O) groups is 1. The van der Waals surface area contributed by atoms with Crippen molar-refractivity contribution in [1.82, 2.24) is 15.1 Å².